The maximum Gasteiger partial charge on any atom is 0.325 e. The molecular weight excluding hydrogens is 358 g/mol. The van der Waals surface area contributed by atoms with Crippen LogP contribution < -0.4 is 0 Å². The summed E-state index contributed by atoms with van der Waals surface area (Å²) in [5, 5.41) is 21.3. The van der Waals surface area contributed by atoms with Crippen molar-refractivity contribution in [2.45, 2.75) is 13.5 Å². The molecule has 2 aromatic carbocycles. The molecule has 0 amide bonds. The highest BCUT2D eigenvalue weighted by Gasteiger charge is 2.12. The van der Waals surface area contributed by atoms with Crippen molar-refractivity contribution in [3.05, 3.63) is 76.0 Å². The van der Waals surface area contributed by atoms with E-state index in [-0.39, 0.29) is 18.2 Å². The van der Waals surface area contributed by atoms with Gasteiger partial charge in [0.15, 0.2) is 0 Å². The molecule has 140 valence electrons. The van der Waals surface area contributed by atoms with Gasteiger partial charge in [-0.25, -0.2) is 0 Å². The van der Waals surface area contributed by atoms with E-state index in [1.54, 1.807) is 35.9 Å². The predicted molar refractivity (Wildman–Crippen MR) is 105 cm³/mol. The Kier molecular flexibility index (Phi) is 5.51. The van der Waals surface area contributed by atoms with Crippen LogP contribution in [0.5, 0.6) is 0 Å². The Labute approximate surface area is 161 Å². The number of nitriles is 1. The van der Waals surface area contributed by atoms with Gasteiger partial charge in [0.1, 0.15) is 6.54 Å². The molecule has 7 heteroatoms. The largest absolute Gasteiger partial charge is 0.465 e. The van der Waals surface area contributed by atoms with E-state index >= 15 is 0 Å². The Hall–Kier alpha value is -3.92. The number of ether oxygens (including phenoxy) is 1. The summed E-state index contributed by atoms with van der Waals surface area (Å²) in [6.45, 7) is 2.13. The minimum atomic E-state index is -0.484. The Bertz CT molecular complexity index is 1100. The molecule has 28 heavy (non-hydrogen) atoms. The molecule has 0 aliphatic heterocycles. The first kappa shape index (κ1) is 18.9. The second-order valence-corrected chi connectivity index (χ2v) is 6.01. The summed E-state index contributed by atoms with van der Waals surface area (Å²) in [6.07, 6.45) is 3.51. The topological polar surface area (TPSA) is 98.2 Å². The zero-order valence-electron chi connectivity index (χ0n) is 15.2. The maximum absolute atomic E-state index is 11.9. The zero-order chi connectivity index (χ0) is 20.1. The summed E-state index contributed by atoms with van der Waals surface area (Å²) in [5.74, 6) is -0.338. The fourth-order valence-corrected chi connectivity index (χ4v) is 2.97. The SMILES string of the molecule is CCOC(=O)Cn1cc(/C=C(/C#N)c2ccc([N+](=O)[O-])cc2)c2ccccc21. The van der Waals surface area contributed by atoms with Crippen molar-refractivity contribution in [3.63, 3.8) is 0 Å². The molecule has 0 saturated heterocycles. The van der Waals surface area contributed by atoms with Crippen LogP contribution in [0.25, 0.3) is 22.6 Å². The molecule has 0 aliphatic carbocycles. The lowest BCUT2D eigenvalue weighted by Gasteiger charge is -2.04. The summed E-state index contributed by atoms with van der Waals surface area (Å²) >= 11 is 0. The van der Waals surface area contributed by atoms with Crippen LogP contribution in [0, 0.1) is 21.4 Å². The van der Waals surface area contributed by atoms with Crippen LogP contribution >= 0.6 is 0 Å². The van der Waals surface area contributed by atoms with E-state index < -0.39 is 4.92 Å². The van der Waals surface area contributed by atoms with E-state index in [0.717, 1.165) is 16.5 Å². The van der Waals surface area contributed by atoms with E-state index in [1.165, 1.54) is 12.1 Å². The van der Waals surface area contributed by atoms with Crippen LogP contribution in [-0.4, -0.2) is 22.1 Å². The number of fused-ring (bicyclic) bond motifs is 1. The Morgan fingerprint density at radius 1 is 1.25 bits per heavy atom. The van der Waals surface area contributed by atoms with Gasteiger partial charge in [-0.2, -0.15) is 5.26 Å². The second-order valence-electron chi connectivity index (χ2n) is 6.01. The summed E-state index contributed by atoms with van der Waals surface area (Å²) in [6, 6.07) is 15.5. The van der Waals surface area contributed by atoms with Gasteiger partial charge in [0.2, 0.25) is 0 Å². The molecule has 0 unspecified atom stereocenters. The highest BCUT2D eigenvalue weighted by Crippen LogP contribution is 2.27. The standard InChI is InChI=1S/C21H17N3O4/c1-2-28-21(25)14-23-13-17(19-5-3-4-6-20(19)23)11-16(12-22)15-7-9-18(10-8-15)24(26)27/h3-11,13H,2,14H2,1H3/b16-11-. The van der Waals surface area contributed by atoms with Crippen LogP contribution in [0.3, 0.4) is 0 Å². The van der Waals surface area contributed by atoms with Crippen LogP contribution in [0.2, 0.25) is 0 Å². The van der Waals surface area contributed by atoms with E-state index in [2.05, 4.69) is 6.07 Å². The van der Waals surface area contributed by atoms with Gasteiger partial charge in [0, 0.05) is 34.8 Å². The number of hydrogen-bond acceptors (Lipinski definition) is 5. The van der Waals surface area contributed by atoms with E-state index in [0.29, 0.717) is 17.7 Å². The molecule has 0 fully saturated rings. The number of aromatic nitrogens is 1. The van der Waals surface area contributed by atoms with Gasteiger partial charge in [0.25, 0.3) is 5.69 Å². The number of carbonyl (C=O) groups excluding carboxylic acids is 1. The van der Waals surface area contributed by atoms with Crippen LogP contribution in [0.4, 0.5) is 5.69 Å². The monoisotopic (exact) mass is 375 g/mol. The number of hydrogen-bond donors (Lipinski definition) is 0. The molecular formula is C21H17N3O4. The Balaban J connectivity index is 2.03. The minimum Gasteiger partial charge on any atom is -0.465 e. The molecule has 7 nitrogen and oxygen atoms in total. The Morgan fingerprint density at radius 3 is 2.61 bits per heavy atom. The quantitative estimate of drug-likeness (QED) is 0.279. The molecule has 0 spiro atoms. The maximum atomic E-state index is 11.9. The molecule has 0 radical (unpaired) electrons. The van der Waals surface area contributed by atoms with Crippen molar-refractivity contribution < 1.29 is 14.5 Å². The number of nitro benzene ring substituents is 1. The summed E-state index contributed by atoms with van der Waals surface area (Å²) in [5.41, 5.74) is 2.54. The average Bonchev–Trinajstić information content (AvgIpc) is 3.04. The lowest BCUT2D eigenvalue weighted by atomic mass is 10.0. The number of allylic oxidation sites excluding steroid dienone is 1. The van der Waals surface area contributed by atoms with Crippen molar-refractivity contribution in [2.24, 2.45) is 0 Å². The first-order chi connectivity index (χ1) is 13.5. The highest BCUT2D eigenvalue weighted by molar-refractivity contribution is 5.98. The van der Waals surface area contributed by atoms with Crippen LogP contribution in [0.15, 0.2) is 54.7 Å². The normalized spacial score (nSPS) is 11.2. The number of carbonyl (C=O) groups is 1. The molecule has 0 aliphatic rings. The zero-order valence-corrected chi connectivity index (χ0v) is 15.2. The molecule has 1 aromatic heterocycles. The lowest BCUT2D eigenvalue weighted by molar-refractivity contribution is -0.384. The van der Waals surface area contributed by atoms with Crippen LogP contribution in [0.1, 0.15) is 18.1 Å². The van der Waals surface area contributed by atoms with Crippen molar-refractivity contribution in [1.29, 1.82) is 5.26 Å². The van der Waals surface area contributed by atoms with Gasteiger partial charge in [-0.15, -0.1) is 0 Å². The lowest BCUT2D eigenvalue weighted by Crippen LogP contribution is -2.12. The van der Waals surface area contributed by atoms with E-state index in [1.807, 2.05) is 24.3 Å². The number of nitro groups is 1. The number of benzene rings is 2. The van der Waals surface area contributed by atoms with Crippen molar-refractivity contribution in [2.75, 3.05) is 6.61 Å². The second kappa shape index (κ2) is 8.18. The van der Waals surface area contributed by atoms with Crippen molar-refractivity contribution in [1.82, 2.24) is 4.57 Å². The molecule has 0 atom stereocenters. The summed E-state index contributed by atoms with van der Waals surface area (Å²) < 4.78 is 6.81. The first-order valence-corrected chi connectivity index (χ1v) is 8.63. The number of non-ortho nitro benzene ring substituents is 1. The number of para-hydroxylation sites is 1. The third-order valence-electron chi connectivity index (χ3n) is 4.23. The van der Waals surface area contributed by atoms with Gasteiger partial charge in [0.05, 0.1) is 23.2 Å². The van der Waals surface area contributed by atoms with Crippen molar-refractivity contribution >= 4 is 34.2 Å². The van der Waals surface area contributed by atoms with Gasteiger partial charge in [-0.05, 0) is 36.8 Å². The molecule has 3 aromatic rings. The van der Waals surface area contributed by atoms with Gasteiger partial charge >= 0.3 is 5.97 Å². The van der Waals surface area contributed by atoms with Crippen LogP contribution in [-0.2, 0) is 16.1 Å². The van der Waals surface area contributed by atoms with Gasteiger partial charge in [-0.1, -0.05) is 18.2 Å². The van der Waals surface area contributed by atoms with E-state index in [4.69, 9.17) is 4.74 Å². The third-order valence-corrected chi connectivity index (χ3v) is 4.23. The van der Waals surface area contributed by atoms with Gasteiger partial charge in [-0.3, -0.25) is 14.9 Å². The molecule has 0 saturated carbocycles. The molecule has 1 heterocycles. The van der Waals surface area contributed by atoms with E-state index in [9.17, 15) is 20.2 Å². The molecule has 3 rings (SSSR count). The smallest absolute Gasteiger partial charge is 0.325 e. The summed E-state index contributed by atoms with van der Waals surface area (Å²) in [7, 11) is 0. The number of esters is 1. The fraction of sp³-hybridized carbons (Fsp3) is 0.143. The molecule has 0 N–H and O–H groups in total. The first-order valence-electron chi connectivity index (χ1n) is 8.63. The Morgan fingerprint density at radius 2 is 1.96 bits per heavy atom. The highest BCUT2D eigenvalue weighted by atomic mass is 16.6. The predicted octanol–water partition coefficient (Wildman–Crippen LogP) is 4.18. The van der Waals surface area contributed by atoms with Gasteiger partial charge < -0.3 is 9.30 Å². The minimum absolute atomic E-state index is 0.0351. The molecule has 0 bridgehead atoms. The van der Waals surface area contributed by atoms with Crippen molar-refractivity contribution in [3.8, 4) is 6.07 Å². The number of rotatable bonds is 6. The summed E-state index contributed by atoms with van der Waals surface area (Å²) in [4.78, 5) is 22.2. The third kappa shape index (κ3) is 3.91. The fourth-order valence-electron chi connectivity index (χ4n) is 2.97. The average molecular weight is 375 g/mol. The number of nitrogens with zero attached hydrogens (tertiary/aromatic N) is 3.